The van der Waals surface area contributed by atoms with Crippen LogP contribution in [0.15, 0.2) is 12.5 Å². The fraction of sp³-hybridized carbons (Fsp3) is 0.667. The third-order valence-corrected chi connectivity index (χ3v) is 3.48. The molecule has 1 aliphatic heterocycles. The van der Waals surface area contributed by atoms with Crippen molar-refractivity contribution in [3.8, 4) is 0 Å². The summed E-state index contributed by atoms with van der Waals surface area (Å²) >= 11 is 0. The Morgan fingerprint density at radius 2 is 2.44 bits per heavy atom. The highest BCUT2D eigenvalue weighted by Crippen LogP contribution is 2.20. The molecule has 18 heavy (non-hydrogen) atoms. The summed E-state index contributed by atoms with van der Waals surface area (Å²) in [7, 11) is 1.93. The molecule has 1 saturated heterocycles. The van der Waals surface area contributed by atoms with E-state index in [4.69, 9.17) is 9.84 Å². The number of nitrogens with zero attached hydrogens (tertiary/aromatic N) is 3. The van der Waals surface area contributed by atoms with Gasteiger partial charge in [0.2, 0.25) is 0 Å². The lowest BCUT2D eigenvalue weighted by molar-refractivity contribution is -0.143. The number of carboxylic acid groups (broad SMARTS) is 1. The summed E-state index contributed by atoms with van der Waals surface area (Å²) in [5.74, 6) is -1.22. The van der Waals surface area contributed by atoms with Gasteiger partial charge in [-0.15, -0.1) is 0 Å². The van der Waals surface area contributed by atoms with Gasteiger partial charge in [-0.25, -0.2) is 4.98 Å². The molecule has 0 aromatic carbocycles. The van der Waals surface area contributed by atoms with Crippen molar-refractivity contribution >= 4 is 5.97 Å². The van der Waals surface area contributed by atoms with E-state index in [0.29, 0.717) is 19.8 Å². The van der Waals surface area contributed by atoms with Crippen molar-refractivity contribution in [2.75, 3.05) is 20.3 Å². The first-order valence-electron chi connectivity index (χ1n) is 6.13. The second kappa shape index (κ2) is 5.49. The first-order chi connectivity index (χ1) is 8.63. The molecule has 6 heteroatoms. The largest absolute Gasteiger partial charge is 0.481 e. The predicted octanol–water partition coefficient (Wildman–Crippen LogP) is 0.434. The number of carboxylic acids is 1. The average molecular weight is 253 g/mol. The summed E-state index contributed by atoms with van der Waals surface area (Å²) in [4.78, 5) is 17.3. The topological polar surface area (TPSA) is 67.6 Å². The molecular weight excluding hydrogens is 234 g/mol. The van der Waals surface area contributed by atoms with E-state index >= 15 is 0 Å². The smallest absolute Gasteiger partial charge is 0.310 e. The third kappa shape index (κ3) is 2.54. The number of rotatable bonds is 5. The van der Waals surface area contributed by atoms with E-state index in [9.17, 15) is 4.79 Å². The zero-order valence-corrected chi connectivity index (χ0v) is 10.7. The molecule has 2 rings (SSSR count). The summed E-state index contributed by atoms with van der Waals surface area (Å²) in [5.41, 5.74) is 1.09. The van der Waals surface area contributed by atoms with Gasteiger partial charge in [-0.1, -0.05) is 0 Å². The standard InChI is InChI=1S/C12H19N3O3/c1-3-15-8-13-4-9(15)5-14(2)11-7-18-6-10(11)12(16)17/h4,8,10-11H,3,5-7H2,1-2H3,(H,16,17). The molecule has 100 valence electrons. The van der Waals surface area contributed by atoms with Crippen LogP contribution in [0, 0.1) is 5.92 Å². The Labute approximate surface area is 106 Å². The lowest BCUT2D eigenvalue weighted by Gasteiger charge is -2.26. The van der Waals surface area contributed by atoms with E-state index < -0.39 is 11.9 Å². The Morgan fingerprint density at radius 1 is 1.67 bits per heavy atom. The van der Waals surface area contributed by atoms with Gasteiger partial charge in [-0.05, 0) is 14.0 Å². The van der Waals surface area contributed by atoms with E-state index in [-0.39, 0.29) is 6.04 Å². The Kier molecular flexibility index (Phi) is 3.98. The average Bonchev–Trinajstić information content (AvgIpc) is 2.96. The second-order valence-corrected chi connectivity index (χ2v) is 4.64. The van der Waals surface area contributed by atoms with E-state index in [1.807, 2.05) is 18.1 Å². The molecule has 1 aliphatic rings. The van der Waals surface area contributed by atoms with Crippen LogP contribution in [0.25, 0.3) is 0 Å². The van der Waals surface area contributed by atoms with Gasteiger partial charge in [0.1, 0.15) is 0 Å². The first kappa shape index (κ1) is 13.0. The summed E-state index contributed by atoms with van der Waals surface area (Å²) in [6.45, 7) is 4.40. The molecule has 2 unspecified atom stereocenters. The minimum absolute atomic E-state index is 0.0669. The van der Waals surface area contributed by atoms with Crippen molar-refractivity contribution in [2.45, 2.75) is 26.1 Å². The number of carbonyl (C=O) groups is 1. The number of imidazole rings is 1. The van der Waals surface area contributed by atoms with Gasteiger partial charge in [0.15, 0.2) is 0 Å². The monoisotopic (exact) mass is 253 g/mol. The first-order valence-corrected chi connectivity index (χ1v) is 6.13. The van der Waals surface area contributed by atoms with E-state index in [1.165, 1.54) is 0 Å². The normalized spacial score (nSPS) is 23.7. The van der Waals surface area contributed by atoms with Crippen LogP contribution in [0.1, 0.15) is 12.6 Å². The van der Waals surface area contributed by atoms with Crippen LogP contribution in [-0.4, -0.2) is 51.8 Å². The Balaban J connectivity index is 2.03. The molecule has 2 atom stereocenters. The quantitative estimate of drug-likeness (QED) is 0.824. The van der Waals surface area contributed by atoms with Crippen molar-refractivity contribution in [1.82, 2.24) is 14.5 Å². The van der Waals surface area contributed by atoms with Gasteiger partial charge in [0.25, 0.3) is 0 Å². The number of ether oxygens (including phenoxy) is 1. The Bertz CT molecular complexity index is 418. The highest BCUT2D eigenvalue weighted by molar-refractivity contribution is 5.71. The number of hydrogen-bond acceptors (Lipinski definition) is 4. The lowest BCUT2D eigenvalue weighted by Crippen LogP contribution is -2.40. The molecule has 0 radical (unpaired) electrons. The molecule has 0 saturated carbocycles. The molecule has 1 N–H and O–H groups in total. The summed E-state index contributed by atoms with van der Waals surface area (Å²) in [6, 6.07) is -0.0669. The fourth-order valence-corrected chi connectivity index (χ4v) is 2.35. The van der Waals surface area contributed by atoms with E-state index in [2.05, 4.69) is 16.5 Å². The van der Waals surface area contributed by atoms with Gasteiger partial charge in [-0.3, -0.25) is 9.69 Å². The number of aryl methyl sites for hydroxylation is 1. The van der Waals surface area contributed by atoms with E-state index in [1.54, 1.807) is 6.33 Å². The zero-order valence-electron chi connectivity index (χ0n) is 10.7. The maximum Gasteiger partial charge on any atom is 0.310 e. The van der Waals surface area contributed by atoms with Crippen LogP contribution < -0.4 is 0 Å². The van der Waals surface area contributed by atoms with Crippen molar-refractivity contribution in [1.29, 1.82) is 0 Å². The third-order valence-electron chi connectivity index (χ3n) is 3.48. The molecule has 0 bridgehead atoms. The molecule has 0 spiro atoms. The molecule has 6 nitrogen and oxygen atoms in total. The molecule has 0 aliphatic carbocycles. The Hall–Kier alpha value is -1.40. The number of aliphatic carboxylic acids is 1. The van der Waals surface area contributed by atoms with Crippen molar-refractivity contribution in [3.05, 3.63) is 18.2 Å². The number of likely N-dealkylation sites (N-methyl/N-ethyl adjacent to an activating group) is 1. The summed E-state index contributed by atoms with van der Waals surface area (Å²) in [6.07, 6.45) is 3.62. The minimum Gasteiger partial charge on any atom is -0.481 e. The highest BCUT2D eigenvalue weighted by Gasteiger charge is 2.36. The van der Waals surface area contributed by atoms with Gasteiger partial charge in [0, 0.05) is 25.3 Å². The molecular formula is C12H19N3O3. The van der Waals surface area contributed by atoms with Crippen LogP contribution >= 0.6 is 0 Å². The molecule has 1 fully saturated rings. The fourth-order valence-electron chi connectivity index (χ4n) is 2.35. The van der Waals surface area contributed by atoms with Crippen LogP contribution in [0.2, 0.25) is 0 Å². The zero-order chi connectivity index (χ0) is 13.1. The van der Waals surface area contributed by atoms with Gasteiger partial charge in [0.05, 0.1) is 31.2 Å². The van der Waals surface area contributed by atoms with Crippen LogP contribution in [-0.2, 0) is 22.6 Å². The molecule has 2 heterocycles. The van der Waals surface area contributed by atoms with Gasteiger partial charge >= 0.3 is 5.97 Å². The highest BCUT2D eigenvalue weighted by atomic mass is 16.5. The molecule has 1 aromatic heterocycles. The van der Waals surface area contributed by atoms with Crippen LogP contribution in [0.4, 0.5) is 0 Å². The van der Waals surface area contributed by atoms with Crippen molar-refractivity contribution in [3.63, 3.8) is 0 Å². The SMILES string of the molecule is CCn1cncc1CN(C)C1COCC1C(=O)O. The maximum absolute atomic E-state index is 11.1. The lowest BCUT2D eigenvalue weighted by atomic mass is 10.0. The Morgan fingerprint density at radius 3 is 3.11 bits per heavy atom. The van der Waals surface area contributed by atoms with E-state index in [0.717, 1.165) is 12.2 Å². The number of hydrogen-bond donors (Lipinski definition) is 1. The van der Waals surface area contributed by atoms with Crippen molar-refractivity contribution in [2.24, 2.45) is 5.92 Å². The predicted molar refractivity (Wildman–Crippen MR) is 65.1 cm³/mol. The van der Waals surface area contributed by atoms with Gasteiger partial charge in [-0.2, -0.15) is 0 Å². The van der Waals surface area contributed by atoms with Crippen LogP contribution in [0.5, 0.6) is 0 Å². The minimum atomic E-state index is -0.784. The summed E-state index contributed by atoms with van der Waals surface area (Å²) < 4.78 is 7.34. The maximum atomic E-state index is 11.1. The molecule has 1 aromatic rings. The van der Waals surface area contributed by atoms with Gasteiger partial charge < -0.3 is 14.4 Å². The number of aromatic nitrogens is 2. The molecule has 0 amide bonds. The van der Waals surface area contributed by atoms with Crippen LogP contribution in [0.3, 0.4) is 0 Å². The van der Waals surface area contributed by atoms with Crippen molar-refractivity contribution < 1.29 is 14.6 Å². The summed E-state index contributed by atoms with van der Waals surface area (Å²) in [5, 5.41) is 9.14. The second-order valence-electron chi connectivity index (χ2n) is 4.64.